The first-order chi connectivity index (χ1) is 6.77. The first-order valence-corrected chi connectivity index (χ1v) is 4.37. The molecule has 1 N–H and O–H groups in total. The van der Waals surface area contributed by atoms with Crippen molar-refractivity contribution in [3.05, 3.63) is 24.0 Å². The number of rotatable bonds is 5. The number of benzene rings is 1. The Balaban J connectivity index is 2.64. The van der Waals surface area contributed by atoms with Crippen molar-refractivity contribution in [1.29, 1.82) is 0 Å². The van der Waals surface area contributed by atoms with Crippen LogP contribution in [0.2, 0.25) is 0 Å². The molecule has 14 heavy (non-hydrogen) atoms. The van der Waals surface area contributed by atoms with Gasteiger partial charge in [-0.2, -0.15) is 0 Å². The fourth-order valence-electron chi connectivity index (χ4n) is 1.00. The van der Waals surface area contributed by atoms with E-state index < -0.39 is 0 Å². The van der Waals surface area contributed by atoms with Crippen LogP contribution in [-0.4, -0.2) is 27.4 Å². The zero-order valence-corrected chi connectivity index (χ0v) is 8.34. The van der Waals surface area contributed by atoms with E-state index >= 15 is 0 Å². The number of nitrogens with one attached hydrogen (secondary N) is 1. The van der Waals surface area contributed by atoms with E-state index in [9.17, 15) is 4.39 Å². The highest BCUT2D eigenvalue weighted by molar-refractivity contribution is 5.48. The Morgan fingerprint density at radius 1 is 1.36 bits per heavy atom. The quantitative estimate of drug-likeness (QED) is 0.734. The summed E-state index contributed by atoms with van der Waals surface area (Å²) in [5.74, 6) is -0.117. The van der Waals surface area contributed by atoms with Gasteiger partial charge in [0.05, 0.1) is 6.61 Å². The summed E-state index contributed by atoms with van der Waals surface area (Å²) in [5, 5.41) is 2.91. The van der Waals surface area contributed by atoms with Gasteiger partial charge in [0.1, 0.15) is 6.61 Å². The minimum Gasteiger partial charge on any atom is -0.488 e. The highest BCUT2D eigenvalue weighted by Gasteiger charge is 2.03. The summed E-state index contributed by atoms with van der Waals surface area (Å²) in [5.41, 5.74) is 0.818. The SMILES string of the molecule is CNc1ccc(F)c(OCCOC)c1. The first kappa shape index (κ1) is 10.8. The van der Waals surface area contributed by atoms with Crippen LogP contribution in [0.4, 0.5) is 10.1 Å². The largest absolute Gasteiger partial charge is 0.488 e. The Bertz CT molecular complexity index is 291. The number of hydrogen-bond acceptors (Lipinski definition) is 3. The van der Waals surface area contributed by atoms with Gasteiger partial charge < -0.3 is 14.8 Å². The number of anilines is 1. The fraction of sp³-hybridized carbons (Fsp3) is 0.400. The number of ether oxygens (including phenoxy) is 2. The molecule has 1 aromatic rings. The third kappa shape index (κ3) is 2.88. The van der Waals surface area contributed by atoms with Gasteiger partial charge in [0.15, 0.2) is 11.6 Å². The third-order valence-electron chi connectivity index (χ3n) is 1.76. The fourth-order valence-corrected chi connectivity index (χ4v) is 1.00. The smallest absolute Gasteiger partial charge is 0.165 e. The normalized spacial score (nSPS) is 9.93. The van der Waals surface area contributed by atoms with E-state index in [4.69, 9.17) is 9.47 Å². The van der Waals surface area contributed by atoms with Crippen LogP contribution in [0.5, 0.6) is 5.75 Å². The van der Waals surface area contributed by atoms with Crippen LogP contribution in [-0.2, 0) is 4.74 Å². The average molecular weight is 199 g/mol. The minimum atomic E-state index is -0.361. The molecule has 0 saturated heterocycles. The molecule has 0 radical (unpaired) electrons. The highest BCUT2D eigenvalue weighted by atomic mass is 19.1. The summed E-state index contributed by atoms with van der Waals surface area (Å²) in [6, 6.07) is 4.64. The molecule has 0 aliphatic carbocycles. The van der Waals surface area contributed by atoms with E-state index in [1.165, 1.54) is 6.07 Å². The molecule has 0 aromatic heterocycles. The number of halogens is 1. The maximum Gasteiger partial charge on any atom is 0.165 e. The lowest BCUT2D eigenvalue weighted by Crippen LogP contribution is -2.05. The minimum absolute atomic E-state index is 0.244. The van der Waals surface area contributed by atoms with Crippen LogP contribution in [0.1, 0.15) is 0 Å². The third-order valence-corrected chi connectivity index (χ3v) is 1.76. The molecular formula is C10H14FNO2. The Morgan fingerprint density at radius 2 is 2.14 bits per heavy atom. The maximum atomic E-state index is 13.1. The van der Waals surface area contributed by atoms with Gasteiger partial charge in [0, 0.05) is 25.9 Å². The summed E-state index contributed by atoms with van der Waals surface area (Å²) in [6.07, 6.45) is 0. The molecule has 0 bridgehead atoms. The molecule has 0 heterocycles. The predicted octanol–water partition coefficient (Wildman–Crippen LogP) is 1.89. The molecule has 0 atom stereocenters. The molecule has 4 heteroatoms. The van der Waals surface area contributed by atoms with Crippen molar-refractivity contribution in [2.45, 2.75) is 0 Å². The van der Waals surface area contributed by atoms with Crippen molar-refractivity contribution in [3.63, 3.8) is 0 Å². The van der Waals surface area contributed by atoms with Gasteiger partial charge in [0.2, 0.25) is 0 Å². The summed E-state index contributed by atoms with van der Waals surface area (Å²) in [6.45, 7) is 0.795. The Kier molecular flexibility index (Phi) is 4.19. The van der Waals surface area contributed by atoms with Gasteiger partial charge in [-0.3, -0.25) is 0 Å². The maximum absolute atomic E-state index is 13.1. The van der Waals surface area contributed by atoms with Gasteiger partial charge in [-0.1, -0.05) is 0 Å². The Labute approximate surface area is 82.8 Å². The molecule has 0 amide bonds. The molecule has 1 aromatic carbocycles. The van der Waals surface area contributed by atoms with E-state index in [1.54, 1.807) is 26.3 Å². The molecule has 0 spiro atoms. The van der Waals surface area contributed by atoms with Gasteiger partial charge in [-0.05, 0) is 12.1 Å². The molecular weight excluding hydrogens is 185 g/mol. The van der Waals surface area contributed by atoms with Gasteiger partial charge >= 0.3 is 0 Å². The van der Waals surface area contributed by atoms with Crippen LogP contribution in [0.3, 0.4) is 0 Å². The first-order valence-electron chi connectivity index (χ1n) is 4.37. The molecule has 78 valence electrons. The predicted molar refractivity (Wildman–Crippen MR) is 53.3 cm³/mol. The van der Waals surface area contributed by atoms with Crippen molar-refractivity contribution >= 4 is 5.69 Å². The van der Waals surface area contributed by atoms with E-state index in [1.807, 2.05) is 0 Å². The summed E-state index contributed by atoms with van der Waals surface area (Å²) in [4.78, 5) is 0. The standard InChI is InChI=1S/C10H14FNO2/c1-12-8-3-4-9(11)10(7-8)14-6-5-13-2/h3-4,7,12H,5-6H2,1-2H3. The van der Waals surface area contributed by atoms with Gasteiger partial charge in [0.25, 0.3) is 0 Å². The van der Waals surface area contributed by atoms with Crippen LogP contribution >= 0.6 is 0 Å². The molecule has 0 saturated carbocycles. The zero-order valence-electron chi connectivity index (χ0n) is 8.34. The summed E-state index contributed by atoms with van der Waals surface area (Å²) >= 11 is 0. The van der Waals surface area contributed by atoms with E-state index in [2.05, 4.69) is 5.32 Å². The van der Waals surface area contributed by atoms with Crippen molar-refractivity contribution in [1.82, 2.24) is 0 Å². The number of methoxy groups -OCH3 is 1. The van der Waals surface area contributed by atoms with Crippen LogP contribution in [0, 0.1) is 5.82 Å². The second-order valence-corrected chi connectivity index (χ2v) is 2.74. The lowest BCUT2D eigenvalue weighted by Gasteiger charge is -2.08. The topological polar surface area (TPSA) is 30.5 Å². The zero-order chi connectivity index (χ0) is 10.4. The molecule has 0 fully saturated rings. The number of hydrogen-bond donors (Lipinski definition) is 1. The van der Waals surface area contributed by atoms with Crippen molar-refractivity contribution < 1.29 is 13.9 Å². The van der Waals surface area contributed by atoms with Crippen LogP contribution < -0.4 is 10.1 Å². The van der Waals surface area contributed by atoms with E-state index in [0.717, 1.165) is 5.69 Å². The van der Waals surface area contributed by atoms with Crippen LogP contribution in [0.15, 0.2) is 18.2 Å². The van der Waals surface area contributed by atoms with Gasteiger partial charge in [-0.15, -0.1) is 0 Å². The Morgan fingerprint density at radius 3 is 2.79 bits per heavy atom. The van der Waals surface area contributed by atoms with Crippen molar-refractivity contribution in [3.8, 4) is 5.75 Å². The van der Waals surface area contributed by atoms with Gasteiger partial charge in [-0.25, -0.2) is 4.39 Å². The molecule has 1 rings (SSSR count). The average Bonchev–Trinajstić information content (AvgIpc) is 2.21. The molecule has 0 aliphatic rings. The lowest BCUT2D eigenvalue weighted by atomic mass is 10.3. The summed E-state index contributed by atoms with van der Waals surface area (Å²) in [7, 11) is 3.34. The van der Waals surface area contributed by atoms with E-state index in [-0.39, 0.29) is 11.6 Å². The van der Waals surface area contributed by atoms with E-state index in [0.29, 0.717) is 13.2 Å². The second kappa shape index (κ2) is 5.44. The highest BCUT2D eigenvalue weighted by Crippen LogP contribution is 2.21. The van der Waals surface area contributed by atoms with Crippen molar-refractivity contribution in [2.75, 3.05) is 32.7 Å². The molecule has 3 nitrogen and oxygen atoms in total. The molecule has 0 aliphatic heterocycles. The molecule has 0 unspecified atom stereocenters. The Hall–Kier alpha value is -1.29. The van der Waals surface area contributed by atoms with Crippen molar-refractivity contribution in [2.24, 2.45) is 0 Å². The monoisotopic (exact) mass is 199 g/mol. The second-order valence-electron chi connectivity index (χ2n) is 2.74. The van der Waals surface area contributed by atoms with Crippen LogP contribution in [0.25, 0.3) is 0 Å². The lowest BCUT2D eigenvalue weighted by molar-refractivity contribution is 0.144. The summed E-state index contributed by atoms with van der Waals surface area (Å²) < 4.78 is 23.1.